The van der Waals surface area contributed by atoms with Gasteiger partial charge in [0.05, 0.1) is 6.61 Å². The Balaban J connectivity index is 1.97. The van der Waals surface area contributed by atoms with E-state index in [9.17, 15) is 4.79 Å². The van der Waals surface area contributed by atoms with Crippen LogP contribution in [-0.2, 0) is 4.79 Å². The van der Waals surface area contributed by atoms with Crippen molar-refractivity contribution in [1.29, 1.82) is 5.26 Å². The van der Waals surface area contributed by atoms with Crippen LogP contribution in [0.2, 0.25) is 0 Å². The van der Waals surface area contributed by atoms with Crippen LogP contribution in [0.5, 0.6) is 5.75 Å². The third-order valence-corrected chi connectivity index (χ3v) is 3.24. The second-order valence-corrected chi connectivity index (χ2v) is 5.19. The van der Waals surface area contributed by atoms with Crippen molar-refractivity contribution in [3.63, 3.8) is 0 Å². The van der Waals surface area contributed by atoms with E-state index in [4.69, 9.17) is 10.00 Å². The van der Waals surface area contributed by atoms with E-state index in [0.717, 1.165) is 37.0 Å². The van der Waals surface area contributed by atoms with Gasteiger partial charge in [-0.3, -0.25) is 4.79 Å². The lowest BCUT2D eigenvalue weighted by atomic mass is 10.1. The van der Waals surface area contributed by atoms with Crippen molar-refractivity contribution >= 4 is 12.0 Å². The fourth-order valence-corrected chi connectivity index (χ4v) is 1.80. The number of carbonyl (C=O) groups is 1. The number of hydrogen-bond donors (Lipinski definition) is 1. The minimum Gasteiger partial charge on any atom is -0.494 e. The maximum absolute atomic E-state index is 11.8. The topological polar surface area (TPSA) is 62.1 Å². The number of rotatable bonds is 7. The predicted octanol–water partition coefficient (Wildman–Crippen LogP) is 3.05. The molecule has 0 bridgehead atoms. The molecule has 0 saturated heterocycles. The zero-order chi connectivity index (χ0) is 15.1. The first kappa shape index (κ1) is 15.1. The second-order valence-electron chi connectivity index (χ2n) is 5.19. The fraction of sp³-hybridized carbons (Fsp3) is 0.412. The molecule has 0 heterocycles. The number of nitrogens with zero attached hydrogens (tertiary/aromatic N) is 1. The molecule has 0 unspecified atom stereocenters. The molecule has 1 amide bonds. The van der Waals surface area contributed by atoms with Crippen molar-refractivity contribution in [3.8, 4) is 11.8 Å². The van der Waals surface area contributed by atoms with Crippen LogP contribution >= 0.6 is 0 Å². The van der Waals surface area contributed by atoms with Crippen molar-refractivity contribution in [2.24, 2.45) is 0 Å². The van der Waals surface area contributed by atoms with E-state index in [1.54, 1.807) is 6.08 Å². The molecule has 1 N–H and O–H groups in total. The normalized spacial score (nSPS) is 14.4. The number of carbonyl (C=O) groups excluding carboxylic acids is 1. The minimum atomic E-state index is -0.289. The second kappa shape index (κ2) is 7.49. The Bertz CT molecular complexity index is 551. The molecule has 1 aliphatic rings. The van der Waals surface area contributed by atoms with Crippen molar-refractivity contribution in [2.75, 3.05) is 6.61 Å². The van der Waals surface area contributed by atoms with Crippen LogP contribution in [-0.4, -0.2) is 18.6 Å². The molecule has 0 radical (unpaired) electrons. The zero-order valence-electron chi connectivity index (χ0n) is 12.3. The van der Waals surface area contributed by atoms with Crippen molar-refractivity contribution in [2.45, 2.75) is 38.6 Å². The summed E-state index contributed by atoms with van der Waals surface area (Å²) >= 11 is 0. The van der Waals surface area contributed by atoms with Gasteiger partial charge in [-0.15, -0.1) is 0 Å². The zero-order valence-corrected chi connectivity index (χ0v) is 12.3. The standard InChI is InChI=1S/C17H20N2O2/c1-2-3-10-21-16-8-4-13(5-9-16)11-14(12-18)17(20)19-15-6-7-15/h4-5,8-9,11,15H,2-3,6-7,10H2,1H3,(H,19,20)/b14-11-. The van der Waals surface area contributed by atoms with Crippen LogP contribution in [0.4, 0.5) is 0 Å². The lowest BCUT2D eigenvalue weighted by Gasteiger charge is -2.05. The van der Waals surface area contributed by atoms with Crippen LogP contribution in [0.25, 0.3) is 6.08 Å². The van der Waals surface area contributed by atoms with Crippen LogP contribution in [0.15, 0.2) is 29.8 Å². The van der Waals surface area contributed by atoms with E-state index in [-0.39, 0.29) is 17.5 Å². The molecule has 1 fully saturated rings. The lowest BCUT2D eigenvalue weighted by Crippen LogP contribution is -2.26. The average Bonchev–Trinajstić information content (AvgIpc) is 3.30. The van der Waals surface area contributed by atoms with Gasteiger partial charge in [-0.05, 0) is 43.0 Å². The Morgan fingerprint density at radius 3 is 2.71 bits per heavy atom. The van der Waals surface area contributed by atoms with Gasteiger partial charge in [0.2, 0.25) is 0 Å². The number of unbranched alkanes of at least 4 members (excludes halogenated alkanes) is 1. The summed E-state index contributed by atoms with van der Waals surface area (Å²) in [7, 11) is 0. The summed E-state index contributed by atoms with van der Waals surface area (Å²) in [6, 6.07) is 9.62. The summed E-state index contributed by atoms with van der Waals surface area (Å²) in [5.74, 6) is 0.518. The van der Waals surface area contributed by atoms with Gasteiger partial charge in [0.1, 0.15) is 17.4 Å². The van der Waals surface area contributed by atoms with Gasteiger partial charge in [0.25, 0.3) is 5.91 Å². The molecule has 21 heavy (non-hydrogen) atoms. The molecule has 0 atom stereocenters. The summed E-state index contributed by atoms with van der Waals surface area (Å²) in [5.41, 5.74) is 0.960. The number of benzene rings is 1. The highest BCUT2D eigenvalue weighted by atomic mass is 16.5. The maximum Gasteiger partial charge on any atom is 0.262 e. The Morgan fingerprint density at radius 2 is 2.14 bits per heavy atom. The first-order valence-corrected chi connectivity index (χ1v) is 7.38. The molecule has 1 aromatic carbocycles. The Morgan fingerprint density at radius 1 is 1.43 bits per heavy atom. The maximum atomic E-state index is 11.8. The summed E-state index contributed by atoms with van der Waals surface area (Å²) in [6.45, 7) is 2.83. The first-order chi connectivity index (χ1) is 10.2. The first-order valence-electron chi connectivity index (χ1n) is 7.38. The van der Waals surface area contributed by atoms with Gasteiger partial charge in [-0.1, -0.05) is 25.5 Å². The average molecular weight is 284 g/mol. The molecule has 4 nitrogen and oxygen atoms in total. The van der Waals surface area contributed by atoms with E-state index in [1.807, 2.05) is 30.3 Å². The van der Waals surface area contributed by atoms with Crippen LogP contribution in [0.3, 0.4) is 0 Å². The quantitative estimate of drug-likeness (QED) is 0.475. The number of hydrogen-bond acceptors (Lipinski definition) is 3. The van der Waals surface area contributed by atoms with Gasteiger partial charge >= 0.3 is 0 Å². The highest BCUT2D eigenvalue weighted by Crippen LogP contribution is 2.20. The number of amides is 1. The lowest BCUT2D eigenvalue weighted by molar-refractivity contribution is -0.117. The molecule has 2 rings (SSSR count). The van der Waals surface area contributed by atoms with Gasteiger partial charge in [0.15, 0.2) is 0 Å². The molecule has 4 heteroatoms. The summed E-state index contributed by atoms with van der Waals surface area (Å²) in [6.07, 6.45) is 5.75. The summed E-state index contributed by atoms with van der Waals surface area (Å²) in [4.78, 5) is 11.8. The Hall–Kier alpha value is -2.28. The Labute approximate surface area is 125 Å². The van der Waals surface area contributed by atoms with Gasteiger partial charge < -0.3 is 10.1 Å². The third-order valence-electron chi connectivity index (χ3n) is 3.24. The number of ether oxygens (including phenoxy) is 1. The molecular weight excluding hydrogens is 264 g/mol. The van der Waals surface area contributed by atoms with Crippen molar-refractivity contribution in [3.05, 3.63) is 35.4 Å². The number of nitriles is 1. The molecular formula is C17H20N2O2. The molecule has 0 spiro atoms. The van der Waals surface area contributed by atoms with E-state index in [1.165, 1.54) is 0 Å². The minimum absolute atomic E-state index is 0.140. The van der Waals surface area contributed by atoms with Crippen molar-refractivity contribution in [1.82, 2.24) is 5.32 Å². The smallest absolute Gasteiger partial charge is 0.262 e. The largest absolute Gasteiger partial charge is 0.494 e. The van der Waals surface area contributed by atoms with Gasteiger partial charge in [-0.2, -0.15) is 5.26 Å². The van der Waals surface area contributed by atoms with Crippen molar-refractivity contribution < 1.29 is 9.53 Å². The Kier molecular flexibility index (Phi) is 5.39. The van der Waals surface area contributed by atoms with E-state index >= 15 is 0 Å². The monoisotopic (exact) mass is 284 g/mol. The molecule has 1 saturated carbocycles. The van der Waals surface area contributed by atoms with Crippen LogP contribution < -0.4 is 10.1 Å². The summed E-state index contributed by atoms with van der Waals surface area (Å²) in [5, 5.41) is 11.9. The van der Waals surface area contributed by atoms with E-state index in [0.29, 0.717) is 6.61 Å². The summed E-state index contributed by atoms with van der Waals surface area (Å²) < 4.78 is 5.58. The van der Waals surface area contributed by atoms with E-state index < -0.39 is 0 Å². The SMILES string of the molecule is CCCCOc1ccc(/C=C(/C#N)C(=O)NC2CC2)cc1. The van der Waals surface area contributed by atoms with Crippen LogP contribution in [0, 0.1) is 11.3 Å². The molecule has 0 aliphatic heterocycles. The molecule has 1 aliphatic carbocycles. The highest BCUT2D eigenvalue weighted by molar-refractivity contribution is 6.01. The highest BCUT2D eigenvalue weighted by Gasteiger charge is 2.24. The molecule has 0 aromatic heterocycles. The van der Waals surface area contributed by atoms with E-state index in [2.05, 4.69) is 12.2 Å². The predicted molar refractivity (Wildman–Crippen MR) is 81.6 cm³/mol. The molecule has 1 aromatic rings. The van der Waals surface area contributed by atoms with Gasteiger partial charge in [0, 0.05) is 6.04 Å². The third kappa shape index (κ3) is 4.96. The van der Waals surface area contributed by atoms with Crippen LogP contribution in [0.1, 0.15) is 38.2 Å². The van der Waals surface area contributed by atoms with Gasteiger partial charge in [-0.25, -0.2) is 0 Å². The fourth-order valence-electron chi connectivity index (χ4n) is 1.80. The molecule has 110 valence electrons. The number of nitrogens with one attached hydrogen (secondary N) is 1.